The average Bonchev–Trinajstić information content (AvgIpc) is 3.63. The maximum Gasteiger partial charge on any atom is 0.227 e. The van der Waals surface area contributed by atoms with Crippen LogP contribution in [0.15, 0.2) is 148 Å². The molecule has 0 aliphatic rings. The van der Waals surface area contributed by atoms with Crippen molar-refractivity contribution in [2.24, 2.45) is 0 Å². The summed E-state index contributed by atoms with van der Waals surface area (Å²) in [5, 5.41) is 5.28. The van der Waals surface area contributed by atoms with Crippen LogP contribution in [0.5, 0.6) is 0 Å². The number of fused-ring (bicyclic) bond motifs is 7. The summed E-state index contributed by atoms with van der Waals surface area (Å²) < 4.78 is 12.2. The molecule has 0 unspecified atom stereocenters. The van der Waals surface area contributed by atoms with Gasteiger partial charge >= 0.3 is 0 Å². The van der Waals surface area contributed by atoms with Gasteiger partial charge in [0, 0.05) is 16.5 Å². The van der Waals surface area contributed by atoms with Crippen LogP contribution in [0.4, 0.5) is 17.2 Å². The second kappa shape index (κ2) is 9.29. The van der Waals surface area contributed by atoms with Crippen LogP contribution in [0.3, 0.4) is 0 Å². The first kappa shape index (κ1) is 23.7. The van der Waals surface area contributed by atoms with E-state index in [0.29, 0.717) is 5.71 Å². The van der Waals surface area contributed by atoms with Crippen molar-refractivity contribution in [3.05, 3.63) is 140 Å². The van der Waals surface area contributed by atoms with Gasteiger partial charge in [0.1, 0.15) is 22.5 Å². The molecule has 4 aromatic heterocycles. The number of hydrogen-bond acceptors (Lipinski definition) is 5. The molecule has 0 aliphatic heterocycles. The number of rotatable bonds is 4. The summed E-state index contributed by atoms with van der Waals surface area (Å²) in [7, 11) is 0. The lowest BCUT2D eigenvalue weighted by Crippen LogP contribution is -2.11. The van der Waals surface area contributed by atoms with E-state index in [1.54, 1.807) is 0 Å². The van der Waals surface area contributed by atoms with E-state index in [4.69, 9.17) is 18.8 Å². The molecule has 0 bridgehead atoms. The number of para-hydroxylation sites is 2. The Morgan fingerprint density at radius 3 is 2.14 bits per heavy atom. The first-order valence-corrected chi connectivity index (χ1v) is 14.2. The minimum absolute atomic E-state index is 0.611. The minimum atomic E-state index is 0.611. The van der Waals surface area contributed by atoms with E-state index >= 15 is 0 Å². The van der Waals surface area contributed by atoms with Gasteiger partial charge in [-0.2, -0.15) is 0 Å². The molecule has 0 radical (unpaired) electrons. The van der Waals surface area contributed by atoms with E-state index in [1.807, 2.05) is 60.8 Å². The van der Waals surface area contributed by atoms with Crippen LogP contribution in [0, 0.1) is 0 Å². The smallest absolute Gasteiger partial charge is 0.227 e. The summed E-state index contributed by atoms with van der Waals surface area (Å²) in [6.45, 7) is 0. The van der Waals surface area contributed by atoms with E-state index < -0.39 is 0 Å². The largest absolute Gasteiger partial charge is 0.454 e. The second-order valence-corrected chi connectivity index (χ2v) is 10.7. The van der Waals surface area contributed by atoms with Gasteiger partial charge in [0.05, 0.1) is 17.3 Å². The highest BCUT2D eigenvalue weighted by atomic mass is 16.3. The van der Waals surface area contributed by atoms with Gasteiger partial charge in [0.15, 0.2) is 5.58 Å². The Balaban J connectivity index is 1.27. The van der Waals surface area contributed by atoms with Crippen molar-refractivity contribution in [2.45, 2.75) is 0 Å². The molecule has 9 rings (SSSR count). The van der Waals surface area contributed by atoms with Gasteiger partial charge in [-0.25, -0.2) is 9.97 Å². The summed E-state index contributed by atoms with van der Waals surface area (Å²) >= 11 is 0. The van der Waals surface area contributed by atoms with Gasteiger partial charge in [0.25, 0.3) is 0 Å². The molecule has 202 valence electrons. The molecule has 0 amide bonds. The maximum absolute atomic E-state index is 6.10. The maximum atomic E-state index is 6.10. The number of benzene rings is 5. The van der Waals surface area contributed by atoms with E-state index in [0.717, 1.165) is 61.0 Å². The topological polar surface area (TPSA) is 55.3 Å². The Bertz CT molecular complexity index is 2360. The minimum Gasteiger partial charge on any atom is -0.454 e. The predicted octanol–water partition coefficient (Wildman–Crippen LogP) is 10.6. The van der Waals surface area contributed by atoms with Crippen molar-refractivity contribution < 1.29 is 8.83 Å². The van der Waals surface area contributed by atoms with Gasteiger partial charge in [-0.3, -0.25) is 4.90 Å². The van der Waals surface area contributed by atoms with Crippen molar-refractivity contribution in [1.82, 2.24) is 9.97 Å². The van der Waals surface area contributed by atoms with Crippen LogP contribution in [-0.4, -0.2) is 9.97 Å². The Morgan fingerprint density at radius 1 is 0.488 bits per heavy atom. The van der Waals surface area contributed by atoms with Crippen molar-refractivity contribution in [3.8, 4) is 11.1 Å². The molecule has 5 aromatic carbocycles. The molecule has 0 aliphatic carbocycles. The van der Waals surface area contributed by atoms with Crippen molar-refractivity contribution in [2.75, 3.05) is 4.90 Å². The first-order valence-electron chi connectivity index (χ1n) is 14.2. The van der Waals surface area contributed by atoms with Crippen molar-refractivity contribution >= 4 is 72.1 Å². The Morgan fingerprint density at radius 2 is 1.26 bits per heavy atom. The standard InChI is InChI=1S/C38H23N3O2/c1-2-8-24(9-3-1)26-15-14-25-16-17-28(21-27(25)20-26)41(29-22-32-30-10-4-6-12-33(30)43-38(32)39-23-29)36-19-18-35-37(40-36)31-11-5-7-13-34(31)42-35/h1-23H. The molecule has 43 heavy (non-hydrogen) atoms. The molecule has 0 atom stereocenters. The average molecular weight is 554 g/mol. The molecule has 4 heterocycles. The molecular formula is C38H23N3O2. The SMILES string of the molecule is c1ccc(-c2ccc3ccc(N(c4cnc5oc6ccccc6c5c4)c4ccc5oc6ccccc6c5n4)cc3c2)cc1. The Labute approximate surface area is 246 Å². The lowest BCUT2D eigenvalue weighted by atomic mass is 10.0. The third kappa shape index (κ3) is 3.86. The number of aromatic nitrogens is 2. The van der Waals surface area contributed by atoms with Gasteiger partial charge in [0.2, 0.25) is 5.71 Å². The first-order chi connectivity index (χ1) is 21.3. The Hall–Kier alpha value is -5.94. The highest BCUT2D eigenvalue weighted by molar-refractivity contribution is 6.06. The van der Waals surface area contributed by atoms with Crippen LogP contribution < -0.4 is 4.90 Å². The highest BCUT2D eigenvalue weighted by Gasteiger charge is 2.19. The van der Waals surface area contributed by atoms with Crippen LogP contribution in [0.25, 0.3) is 66.0 Å². The molecule has 5 nitrogen and oxygen atoms in total. The molecule has 0 saturated heterocycles. The van der Waals surface area contributed by atoms with E-state index in [-0.39, 0.29) is 0 Å². The van der Waals surface area contributed by atoms with Gasteiger partial charge in [-0.1, -0.05) is 78.9 Å². The molecule has 0 N–H and O–H groups in total. The third-order valence-corrected chi connectivity index (χ3v) is 8.10. The lowest BCUT2D eigenvalue weighted by molar-refractivity contribution is 0.654. The fourth-order valence-corrected chi connectivity index (χ4v) is 6.02. The monoisotopic (exact) mass is 553 g/mol. The molecule has 0 saturated carbocycles. The van der Waals surface area contributed by atoms with Gasteiger partial charge < -0.3 is 8.83 Å². The molecule has 5 heteroatoms. The van der Waals surface area contributed by atoms with E-state index in [2.05, 4.69) is 83.8 Å². The van der Waals surface area contributed by atoms with Crippen LogP contribution in [0.2, 0.25) is 0 Å². The summed E-state index contributed by atoms with van der Waals surface area (Å²) in [5.41, 5.74) is 8.06. The second-order valence-electron chi connectivity index (χ2n) is 10.7. The summed E-state index contributed by atoms with van der Waals surface area (Å²) in [6, 6.07) is 45.8. The van der Waals surface area contributed by atoms with Gasteiger partial charge in [-0.05, 0) is 76.5 Å². The predicted molar refractivity (Wildman–Crippen MR) is 174 cm³/mol. The molecule has 0 fully saturated rings. The third-order valence-electron chi connectivity index (χ3n) is 8.10. The molecule has 9 aromatic rings. The van der Waals surface area contributed by atoms with Crippen LogP contribution >= 0.6 is 0 Å². The zero-order valence-corrected chi connectivity index (χ0v) is 22.9. The van der Waals surface area contributed by atoms with Crippen molar-refractivity contribution in [1.29, 1.82) is 0 Å². The fourth-order valence-electron chi connectivity index (χ4n) is 6.02. The van der Waals surface area contributed by atoms with E-state index in [1.165, 1.54) is 16.5 Å². The highest BCUT2D eigenvalue weighted by Crippen LogP contribution is 2.40. The van der Waals surface area contributed by atoms with Crippen LogP contribution in [0.1, 0.15) is 0 Å². The van der Waals surface area contributed by atoms with Crippen LogP contribution in [-0.2, 0) is 0 Å². The summed E-state index contributed by atoms with van der Waals surface area (Å²) in [5.74, 6) is 0.770. The molecular weight excluding hydrogens is 530 g/mol. The summed E-state index contributed by atoms with van der Waals surface area (Å²) in [4.78, 5) is 12.1. The summed E-state index contributed by atoms with van der Waals surface area (Å²) in [6.07, 6.45) is 1.86. The number of anilines is 3. The normalized spacial score (nSPS) is 11.7. The molecule has 0 spiro atoms. The number of pyridine rings is 2. The zero-order valence-electron chi connectivity index (χ0n) is 22.9. The number of furan rings is 2. The van der Waals surface area contributed by atoms with Gasteiger partial charge in [-0.15, -0.1) is 0 Å². The van der Waals surface area contributed by atoms with E-state index in [9.17, 15) is 0 Å². The Kier molecular flexibility index (Phi) is 5.13. The quantitative estimate of drug-likeness (QED) is 0.217. The van der Waals surface area contributed by atoms with Crippen molar-refractivity contribution in [3.63, 3.8) is 0 Å². The number of nitrogens with zero attached hydrogens (tertiary/aromatic N) is 3. The number of hydrogen-bond donors (Lipinski definition) is 0. The lowest BCUT2D eigenvalue weighted by Gasteiger charge is -2.24. The fraction of sp³-hybridized carbons (Fsp3) is 0. The zero-order chi connectivity index (χ0) is 28.3.